The van der Waals surface area contributed by atoms with E-state index in [0.29, 0.717) is 11.5 Å². The maximum atomic E-state index is 13.5. The van der Waals surface area contributed by atoms with E-state index in [2.05, 4.69) is 25.1 Å². The first-order valence-electron chi connectivity index (χ1n) is 12.4. The lowest BCUT2D eigenvalue weighted by Gasteiger charge is -2.30. The molecule has 5 nitrogen and oxygen atoms in total. The van der Waals surface area contributed by atoms with Crippen LogP contribution >= 0.6 is 0 Å². The number of carbonyl (C=O) groups excluding carboxylic acids is 2. The van der Waals surface area contributed by atoms with Crippen LogP contribution in [0, 0.1) is 5.92 Å². The molecule has 1 heterocycles. The van der Waals surface area contributed by atoms with Crippen molar-refractivity contribution in [3.05, 3.63) is 77.0 Å². The molecular weight excluding hydrogens is 436 g/mol. The lowest BCUT2D eigenvalue weighted by Crippen LogP contribution is -2.44. The van der Waals surface area contributed by atoms with E-state index in [0.717, 1.165) is 46.1 Å². The summed E-state index contributed by atoms with van der Waals surface area (Å²) in [4.78, 5) is 33.1. The highest BCUT2D eigenvalue weighted by molar-refractivity contribution is 6.07. The quantitative estimate of drug-likeness (QED) is 0.405. The first-order valence-corrected chi connectivity index (χ1v) is 12.4. The number of pyridine rings is 1. The molecule has 3 aromatic rings. The first kappa shape index (κ1) is 24.6. The number of ether oxygens (including phenoxy) is 1. The van der Waals surface area contributed by atoms with Crippen LogP contribution in [-0.2, 0) is 16.0 Å². The zero-order valence-corrected chi connectivity index (χ0v) is 21.2. The fraction of sp³-hybridized carbons (Fsp3) is 0.367. The Hall–Kier alpha value is -3.47. The molecule has 1 aliphatic rings. The molecule has 0 bridgehead atoms. The molecule has 4 rings (SSSR count). The van der Waals surface area contributed by atoms with E-state index in [1.807, 2.05) is 70.2 Å². The highest BCUT2D eigenvalue weighted by Gasteiger charge is 2.30. The van der Waals surface area contributed by atoms with Gasteiger partial charge in [-0.05, 0) is 75.3 Å². The van der Waals surface area contributed by atoms with Crippen LogP contribution in [0.3, 0.4) is 0 Å². The van der Waals surface area contributed by atoms with Crippen LogP contribution in [-0.4, -0.2) is 40.5 Å². The van der Waals surface area contributed by atoms with Crippen LogP contribution in [0.4, 0.5) is 0 Å². The summed E-state index contributed by atoms with van der Waals surface area (Å²) in [6.07, 6.45) is 3.79. The summed E-state index contributed by atoms with van der Waals surface area (Å²) in [5, 5.41) is 0.765. The number of benzene rings is 2. The molecule has 1 atom stereocenters. The number of rotatable bonds is 6. The van der Waals surface area contributed by atoms with Gasteiger partial charge in [0.05, 0.1) is 16.8 Å². The van der Waals surface area contributed by atoms with Gasteiger partial charge in [0, 0.05) is 17.5 Å². The topological polar surface area (TPSA) is 59.5 Å². The predicted molar refractivity (Wildman–Crippen MR) is 141 cm³/mol. The van der Waals surface area contributed by atoms with E-state index < -0.39 is 5.97 Å². The Morgan fingerprint density at radius 3 is 2.34 bits per heavy atom. The number of esters is 1. The number of nitrogens with zero attached hydrogens (tertiary/aromatic N) is 2. The Bertz CT molecular complexity index is 1250. The van der Waals surface area contributed by atoms with Crippen molar-refractivity contribution in [3.63, 3.8) is 0 Å². The molecule has 5 heteroatoms. The molecule has 0 radical (unpaired) electrons. The van der Waals surface area contributed by atoms with Crippen LogP contribution in [0.1, 0.15) is 68.2 Å². The van der Waals surface area contributed by atoms with Crippen LogP contribution in [0.25, 0.3) is 22.6 Å². The van der Waals surface area contributed by atoms with Gasteiger partial charge in [-0.3, -0.25) is 4.79 Å². The van der Waals surface area contributed by atoms with Gasteiger partial charge in [0.1, 0.15) is 0 Å². The number of amides is 1. The first-order chi connectivity index (χ1) is 16.8. The molecule has 2 aromatic carbocycles. The van der Waals surface area contributed by atoms with Gasteiger partial charge in [0.2, 0.25) is 0 Å². The van der Waals surface area contributed by atoms with Crippen LogP contribution < -0.4 is 0 Å². The maximum absolute atomic E-state index is 13.5. The third-order valence-electron chi connectivity index (χ3n) is 6.49. The molecule has 35 heavy (non-hydrogen) atoms. The minimum atomic E-state index is -0.464. The van der Waals surface area contributed by atoms with E-state index in [1.165, 1.54) is 0 Å². The largest absolute Gasteiger partial charge is 0.452 e. The summed E-state index contributed by atoms with van der Waals surface area (Å²) in [5.74, 6) is -0.298. The average molecular weight is 471 g/mol. The van der Waals surface area contributed by atoms with Gasteiger partial charge in [-0.2, -0.15) is 0 Å². The summed E-state index contributed by atoms with van der Waals surface area (Å²) < 4.78 is 5.66. The lowest BCUT2D eigenvalue weighted by atomic mass is 9.80. The predicted octanol–water partition coefficient (Wildman–Crippen LogP) is 6.16. The molecule has 0 N–H and O–H groups in total. The third-order valence-corrected chi connectivity index (χ3v) is 6.49. The average Bonchev–Trinajstić information content (AvgIpc) is 2.81. The highest BCUT2D eigenvalue weighted by atomic mass is 16.5. The number of carbonyl (C=O) groups is 2. The molecule has 1 unspecified atom stereocenters. The normalized spacial score (nSPS) is 16.5. The second kappa shape index (κ2) is 10.4. The van der Waals surface area contributed by atoms with Crippen molar-refractivity contribution < 1.29 is 14.3 Å². The van der Waals surface area contributed by atoms with Crippen molar-refractivity contribution in [1.29, 1.82) is 0 Å². The van der Waals surface area contributed by atoms with Crippen molar-refractivity contribution in [2.75, 3.05) is 6.61 Å². The van der Waals surface area contributed by atoms with Crippen molar-refractivity contribution in [2.45, 2.75) is 59.5 Å². The van der Waals surface area contributed by atoms with Gasteiger partial charge >= 0.3 is 5.97 Å². The molecular formula is C30H34N2O3. The molecule has 0 fully saturated rings. The summed E-state index contributed by atoms with van der Waals surface area (Å²) in [6.45, 7) is 9.79. The summed E-state index contributed by atoms with van der Waals surface area (Å²) >= 11 is 0. The summed E-state index contributed by atoms with van der Waals surface area (Å²) in [6, 6.07) is 17.9. The molecule has 0 saturated carbocycles. The Labute approximate surface area is 207 Å². The number of hydrogen-bond donors (Lipinski definition) is 0. The van der Waals surface area contributed by atoms with Crippen molar-refractivity contribution in [3.8, 4) is 0 Å². The smallest absolute Gasteiger partial charge is 0.339 e. The molecule has 1 aliphatic carbocycles. The maximum Gasteiger partial charge on any atom is 0.339 e. The molecule has 182 valence electrons. The molecule has 0 saturated heterocycles. The van der Waals surface area contributed by atoms with Crippen molar-refractivity contribution in [1.82, 2.24) is 9.88 Å². The van der Waals surface area contributed by atoms with Gasteiger partial charge in [0.25, 0.3) is 5.91 Å². The van der Waals surface area contributed by atoms with E-state index in [-0.39, 0.29) is 24.6 Å². The second-order valence-corrected chi connectivity index (χ2v) is 9.99. The van der Waals surface area contributed by atoms with E-state index in [9.17, 15) is 9.59 Å². The number of aromatic nitrogens is 1. The zero-order valence-electron chi connectivity index (χ0n) is 21.2. The molecule has 1 amide bonds. The number of allylic oxidation sites excluding steroid dienone is 1. The minimum Gasteiger partial charge on any atom is -0.452 e. The lowest BCUT2D eigenvalue weighted by molar-refractivity contribution is -0.138. The second-order valence-electron chi connectivity index (χ2n) is 9.99. The third kappa shape index (κ3) is 5.29. The van der Waals surface area contributed by atoms with Crippen molar-refractivity contribution in [2.24, 2.45) is 5.92 Å². The molecule has 0 spiro atoms. The Morgan fingerprint density at radius 1 is 1.00 bits per heavy atom. The van der Waals surface area contributed by atoms with Gasteiger partial charge < -0.3 is 9.64 Å². The van der Waals surface area contributed by atoms with Crippen molar-refractivity contribution >= 4 is 34.4 Å². The van der Waals surface area contributed by atoms with Gasteiger partial charge in [0.15, 0.2) is 6.61 Å². The van der Waals surface area contributed by atoms with Gasteiger partial charge in [-0.15, -0.1) is 0 Å². The Balaban J connectivity index is 1.76. The number of fused-ring (bicyclic) bond motifs is 2. The van der Waals surface area contributed by atoms with Gasteiger partial charge in [-0.1, -0.05) is 55.5 Å². The zero-order chi connectivity index (χ0) is 25.1. The SMILES string of the molecule is CC1CC(=Cc2ccccc2)c2nc3ccccc3c(C(=O)OCC(=O)N(C(C)C)C(C)C)c2C1. The standard InChI is InChI=1S/C30H34N2O3/c1-19(2)32(20(3)4)27(33)18-35-30(34)28-24-13-9-10-14-26(24)31-29-23(15-21(5)16-25(28)29)17-22-11-7-6-8-12-22/h6-14,17,19-21H,15-16,18H2,1-5H3. The Morgan fingerprint density at radius 2 is 1.66 bits per heavy atom. The van der Waals surface area contributed by atoms with Gasteiger partial charge in [-0.25, -0.2) is 9.78 Å². The fourth-order valence-corrected chi connectivity index (χ4v) is 5.17. The minimum absolute atomic E-state index is 0.0299. The molecule has 1 aromatic heterocycles. The van der Waals surface area contributed by atoms with Crippen LogP contribution in [0.15, 0.2) is 54.6 Å². The summed E-state index contributed by atoms with van der Waals surface area (Å²) in [7, 11) is 0. The number of hydrogen-bond acceptors (Lipinski definition) is 4. The van der Waals surface area contributed by atoms with E-state index in [1.54, 1.807) is 4.90 Å². The summed E-state index contributed by atoms with van der Waals surface area (Å²) in [5.41, 5.74) is 5.27. The Kier molecular flexibility index (Phi) is 7.34. The molecule has 0 aliphatic heterocycles. The highest BCUT2D eigenvalue weighted by Crippen LogP contribution is 2.38. The van der Waals surface area contributed by atoms with E-state index >= 15 is 0 Å². The van der Waals surface area contributed by atoms with Crippen LogP contribution in [0.2, 0.25) is 0 Å². The van der Waals surface area contributed by atoms with Crippen LogP contribution in [0.5, 0.6) is 0 Å². The number of para-hydroxylation sites is 1. The fourth-order valence-electron chi connectivity index (χ4n) is 5.17. The monoisotopic (exact) mass is 470 g/mol. The van der Waals surface area contributed by atoms with E-state index in [4.69, 9.17) is 9.72 Å².